The zero-order valence-corrected chi connectivity index (χ0v) is 12.1. The van der Waals surface area contributed by atoms with Gasteiger partial charge in [-0.1, -0.05) is 36.4 Å². The third-order valence-electron chi connectivity index (χ3n) is 3.29. The van der Waals surface area contributed by atoms with Crippen molar-refractivity contribution in [2.75, 3.05) is 20.1 Å². The van der Waals surface area contributed by atoms with Gasteiger partial charge in [-0.05, 0) is 36.9 Å². The van der Waals surface area contributed by atoms with Crippen molar-refractivity contribution in [3.05, 3.63) is 58.3 Å². The lowest BCUT2D eigenvalue weighted by Crippen LogP contribution is -2.23. The van der Waals surface area contributed by atoms with E-state index in [-0.39, 0.29) is 6.10 Å². The first-order valence-electron chi connectivity index (χ1n) is 6.69. The second-order valence-corrected chi connectivity index (χ2v) is 5.88. The molecule has 1 aromatic heterocycles. The fourth-order valence-electron chi connectivity index (χ4n) is 2.05. The topological polar surface area (TPSA) is 23.5 Å². The number of hydrogen-bond acceptors (Lipinski definition) is 3. The van der Waals surface area contributed by atoms with E-state index in [9.17, 15) is 5.11 Å². The molecule has 0 bridgehead atoms. The van der Waals surface area contributed by atoms with Gasteiger partial charge in [-0.2, -0.15) is 0 Å². The molecule has 1 atom stereocenters. The Labute approximate surface area is 119 Å². The molecule has 0 amide bonds. The van der Waals surface area contributed by atoms with E-state index >= 15 is 0 Å². The molecule has 102 valence electrons. The highest BCUT2D eigenvalue weighted by atomic mass is 32.1. The molecular weight excluding hydrogens is 254 g/mol. The van der Waals surface area contributed by atoms with E-state index in [1.165, 1.54) is 4.88 Å². The monoisotopic (exact) mass is 275 g/mol. The SMILES string of the molecule is CN(CCc1cccs1)CCC(O)c1ccccc1. The smallest absolute Gasteiger partial charge is 0.0802 e. The van der Waals surface area contributed by atoms with E-state index in [0.717, 1.165) is 31.5 Å². The highest BCUT2D eigenvalue weighted by Crippen LogP contribution is 2.16. The molecule has 0 spiro atoms. The Morgan fingerprint density at radius 3 is 2.58 bits per heavy atom. The Balaban J connectivity index is 1.70. The number of aliphatic hydroxyl groups is 1. The first-order chi connectivity index (χ1) is 9.25. The molecule has 2 rings (SSSR count). The van der Waals surface area contributed by atoms with Gasteiger partial charge in [0.2, 0.25) is 0 Å². The number of nitrogens with zero attached hydrogens (tertiary/aromatic N) is 1. The summed E-state index contributed by atoms with van der Waals surface area (Å²) in [7, 11) is 2.12. The van der Waals surface area contributed by atoms with Crippen molar-refractivity contribution in [1.29, 1.82) is 0 Å². The first kappa shape index (κ1) is 14.3. The average molecular weight is 275 g/mol. The van der Waals surface area contributed by atoms with Gasteiger partial charge >= 0.3 is 0 Å². The van der Waals surface area contributed by atoms with Crippen molar-refractivity contribution in [3.63, 3.8) is 0 Å². The Kier molecular flexibility index (Phi) is 5.58. The van der Waals surface area contributed by atoms with Gasteiger partial charge in [0, 0.05) is 18.0 Å². The van der Waals surface area contributed by atoms with Crippen LogP contribution in [-0.2, 0) is 6.42 Å². The molecule has 2 aromatic rings. The maximum absolute atomic E-state index is 10.1. The van der Waals surface area contributed by atoms with E-state index in [0.29, 0.717) is 0 Å². The highest BCUT2D eigenvalue weighted by molar-refractivity contribution is 7.09. The van der Waals surface area contributed by atoms with Crippen LogP contribution in [0.1, 0.15) is 23.0 Å². The Hall–Kier alpha value is -1.16. The molecule has 1 unspecified atom stereocenters. The van der Waals surface area contributed by atoms with Crippen LogP contribution in [0.25, 0.3) is 0 Å². The van der Waals surface area contributed by atoms with Crippen LogP contribution < -0.4 is 0 Å². The summed E-state index contributed by atoms with van der Waals surface area (Å²) in [5.41, 5.74) is 1.01. The van der Waals surface area contributed by atoms with E-state index < -0.39 is 0 Å². The molecule has 0 aliphatic carbocycles. The predicted molar refractivity (Wildman–Crippen MR) is 81.5 cm³/mol. The van der Waals surface area contributed by atoms with Gasteiger partial charge in [-0.15, -0.1) is 11.3 Å². The second kappa shape index (κ2) is 7.43. The van der Waals surface area contributed by atoms with Crippen LogP contribution in [0.2, 0.25) is 0 Å². The van der Waals surface area contributed by atoms with Crippen molar-refractivity contribution >= 4 is 11.3 Å². The molecular formula is C16H21NOS. The molecule has 1 aromatic carbocycles. The minimum atomic E-state index is -0.356. The molecule has 0 saturated heterocycles. The quantitative estimate of drug-likeness (QED) is 0.837. The standard InChI is InChI=1S/C16H21NOS/c1-17(11-9-15-8-5-13-19-15)12-10-16(18)14-6-3-2-4-7-14/h2-8,13,16,18H,9-12H2,1H3. The summed E-state index contributed by atoms with van der Waals surface area (Å²) in [4.78, 5) is 3.71. The lowest BCUT2D eigenvalue weighted by molar-refractivity contribution is 0.149. The van der Waals surface area contributed by atoms with Crippen LogP contribution in [0.3, 0.4) is 0 Å². The summed E-state index contributed by atoms with van der Waals surface area (Å²) < 4.78 is 0. The van der Waals surface area contributed by atoms with Gasteiger partial charge in [-0.25, -0.2) is 0 Å². The normalized spacial score (nSPS) is 12.8. The van der Waals surface area contributed by atoms with Gasteiger partial charge < -0.3 is 10.0 Å². The number of rotatable bonds is 7. The Morgan fingerprint density at radius 2 is 1.89 bits per heavy atom. The summed E-state index contributed by atoms with van der Waals surface area (Å²) in [5, 5.41) is 12.2. The van der Waals surface area contributed by atoms with Crippen LogP contribution in [0, 0.1) is 0 Å². The summed E-state index contributed by atoms with van der Waals surface area (Å²) in [6.45, 7) is 1.96. The zero-order chi connectivity index (χ0) is 13.5. The summed E-state index contributed by atoms with van der Waals surface area (Å²) >= 11 is 1.81. The van der Waals surface area contributed by atoms with E-state index in [2.05, 4.69) is 29.5 Å². The van der Waals surface area contributed by atoms with Crippen molar-refractivity contribution in [3.8, 4) is 0 Å². The number of thiophene rings is 1. The van der Waals surface area contributed by atoms with E-state index in [4.69, 9.17) is 0 Å². The molecule has 0 aliphatic heterocycles. The Morgan fingerprint density at radius 1 is 1.11 bits per heavy atom. The van der Waals surface area contributed by atoms with Gasteiger partial charge in [0.25, 0.3) is 0 Å². The van der Waals surface area contributed by atoms with Crippen molar-refractivity contribution < 1.29 is 5.11 Å². The fourth-order valence-corrected chi connectivity index (χ4v) is 2.75. The van der Waals surface area contributed by atoms with Gasteiger partial charge in [0.05, 0.1) is 6.10 Å². The number of likely N-dealkylation sites (N-methyl/N-ethyl adjacent to an activating group) is 1. The van der Waals surface area contributed by atoms with Crippen LogP contribution in [0.5, 0.6) is 0 Å². The third-order valence-corrected chi connectivity index (χ3v) is 4.22. The first-order valence-corrected chi connectivity index (χ1v) is 7.57. The fraction of sp³-hybridized carbons (Fsp3) is 0.375. The van der Waals surface area contributed by atoms with Crippen molar-refractivity contribution in [2.45, 2.75) is 18.9 Å². The van der Waals surface area contributed by atoms with E-state index in [1.54, 1.807) is 0 Å². The van der Waals surface area contributed by atoms with Gasteiger partial charge in [-0.3, -0.25) is 0 Å². The van der Waals surface area contributed by atoms with Crippen LogP contribution in [0.4, 0.5) is 0 Å². The predicted octanol–water partition coefficient (Wildman–Crippen LogP) is 3.35. The molecule has 1 heterocycles. The Bertz CT molecular complexity index is 455. The summed E-state index contributed by atoms with van der Waals surface area (Å²) in [6, 6.07) is 14.2. The van der Waals surface area contributed by atoms with Crippen LogP contribution in [0.15, 0.2) is 47.8 Å². The van der Waals surface area contributed by atoms with Gasteiger partial charge in [0.1, 0.15) is 0 Å². The molecule has 0 fully saturated rings. The maximum atomic E-state index is 10.1. The molecule has 1 N–H and O–H groups in total. The molecule has 3 heteroatoms. The highest BCUT2D eigenvalue weighted by Gasteiger charge is 2.08. The third kappa shape index (κ3) is 4.78. The minimum absolute atomic E-state index is 0.356. The molecule has 0 radical (unpaired) electrons. The van der Waals surface area contributed by atoms with Crippen LogP contribution >= 0.6 is 11.3 Å². The summed E-state index contributed by atoms with van der Waals surface area (Å²) in [6.07, 6.45) is 1.52. The molecule has 0 aliphatic rings. The average Bonchev–Trinajstić information content (AvgIpc) is 2.96. The molecule has 0 saturated carbocycles. The number of aliphatic hydroxyl groups excluding tert-OH is 1. The lowest BCUT2D eigenvalue weighted by atomic mass is 10.1. The zero-order valence-electron chi connectivity index (χ0n) is 11.3. The maximum Gasteiger partial charge on any atom is 0.0802 e. The van der Waals surface area contributed by atoms with Crippen LogP contribution in [-0.4, -0.2) is 30.1 Å². The number of benzene rings is 1. The summed E-state index contributed by atoms with van der Waals surface area (Å²) in [5.74, 6) is 0. The molecule has 2 nitrogen and oxygen atoms in total. The number of hydrogen-bond donors (Lipinski definition) is 1. The minimum Gasteiger partial charge on any atom is -0.388 e. The van der Waals surface area contributed by atoms with E-state index in [1.807, 2.05) is 41.7 Å². The largest absolute Gasteiger partial charge is 0.388 e. The lowest BCUT2D eigenvalue weighted by Gasteiger charge is -2.18. The van der Waals surface area contributed by atoms with Crippen molar-refractivity contribution in [1.82, 2.24) is 4.90 Å². The van der Waals surface area contributed by atoms with Gasteiger partial charge in [0.15, 0.2) is 0 Å². The van der Waals surface area contributed by atoms with Crippen molar-refractivity contribution in [2.24, 2.45) is 0 Å². The second-order valence-electron chi connectivity index (χ2n) is 4.85. The molecule has 19 heavy (non-hydrogen) atoms.